The summed E-state index contributed by atoms with van der Waals surface area (Å²) in [4.78, 5) is 18.1. The van der Waals surface area contributed by atoms with Gasteiger partial charge in [-0.25, -0.2) is 9.67 Å². The van der Waals surface area contributed by atoms with E-state index in [0.29, 0.717) is 11.0 Å². The predicted molar refractivity (Wildman–Crippen MR) is 55.2 cm³/mol. The van der Waals surface area contributed by atoms with Gasteiger partial charge in [0.25, 0.3) is 5.56 Å². The average Bonchev–Trinajstić information content (AvgIpc) is 2.67. The summed E-state index contributed by atoms with van der Waals surface area (Å²) in [7, 11) is 1.62. The van der Waals surface area contributed by atoms with Gasteiger partial charge < -0.3 is 4.98 Å². The van der Waals surface area contributed by atoms with Crippen molar-refractivity contribution >= 4 is 11.0 Å². The molecule has 2 aromatic rings. The molecule has 2 aromatic heterocycles. The maximum absolute atomic E-state index is 11.4. The fraction of sp³-hybridized carbons (Fsp3) is 0.444. The van der Waals surface area contributed by atoms with E-state index in [4.69, 9.17) is 0 Å². The standard InChI is InChI=1S/C7H8N4O.C2H6/c1-4-5-6(9-3-8-5)7(12)11(2)10-4;1-2/h3H,1-2H3,(H,8,9);1-2H3. The van der Waals surface area contributed by atoms with Gasteiger partial charge in [0, 0.05) is 7.05 Å². The van der Waals surface area contributed by atoms with Crippen molar-refractivity contribution in [2.75, 3.05) is 0 Å². The fourth-order valence-electron chi connectivity index (χ4n) is 1.21. The van der Waals surface area contributed by atoms with Crippen LogP contribution in [0.5, 0.6) is 0 Å². The molecule has 0 spiro atoms. The highest BCUT2D eigenvalue weighted by Crippen LogP contribution is 2.05. The van der Waals surface area contributed by atoms with Crippen molar-refractivity contribution in [1.82, 2.24) is 19.7 Å². The van der Waals surface area contributed by atoms with Crippen LogP contribution >= 0.6 is 0 Å². The summed E-state index contributed by atoms with van der Waals surface area (Å²) in [6, 6.07) is 0. The molecule has 0 fully saturated rings. The normalized spacial score (nSPS) is 9.71. The van der Waals surface area contributed by atoms with Gasteiger partial charge in [0.15, 0.2) is 0 Å². The van der Waals surface area contributed by atoms with Crippen molar-refractivity contribution in [2.45, 2.75) is 20.8 Å². The van der Waals surface area contributed by atoms with Gasteiger partial charge in [-0.1, -0.05) is 13.8 Å². The molecule has 0 radical (unpaired) electrons. The number of nitrogens with one attached hydrogen (secondary N) is 1. The SMILES string of the molecule is CC.Cc1nn(C)c(=O)c2[nH]cnc12. The average molecular weight is 194 g/mol. The summed E-state index contributed by atoms with van der Waals surface area (Å²) in [5, 5.41) is 4.00. The van der Waals surface area contributed by atoms with Gasteiger partial charge in [-0.2, -0.15) is 5.10 Å². The van der Waals surface area contributed by atoms with E-state index in [2.05, 4.69) is 15.1 Å². The zero-order valence-electron chi connectivity index (χ0n) is 8.83. The molecule has 0 aromatic carbocycles. The van der Waals surface area contributed by atoms with E-state index in [1.54, 1.807) is 7.05 Å². The Labute approximate surface area is 81.8 Å². The maximum atomic E-state index is 11.4. The third-order valence-electron chi connectivity index (χ3n) is 1.79. The van der Waals surface area contributed by atoms with Crippen LogP contribution in [0.2, 0.25) is 0 Å². The minimum absolute atomic E-state index is 0.145. The van der Waals surface area contributed by atoms with Gasteiger partial charge >= 0.3 is 0 Å². The Morgan fingerprint density at radius 3 is 2.71 bits per heavy atom. The summed E-state index contributed by atoms with van der Waals surface area (Å²) < 4.78 is 1.30. The lowest BCUT2D eigenvalue weighted by atomic mass is 10.3. The van der Waals surface area contributed by atoms with Crippen molar-refractivity contribution in [2.24, 2.45) is 7.05 Å². The number of hydrogen-bond donors (Lipinski definition) is 1. The van der Waals surface area contributed by atoms with Crippen LogP contribution in [0.25, 0.3) is 11.0 Å². The second-order valence-electron chi connectivity index (χ2n) is 2.64. The molecule has 0 aliphatic carbocycles. The minimum Gasteiger partial charge on any atom is -0.340 e. The van der Waals surface area contributed by atoms with Crippen molar-refractivity contribution in [1.29, 1.82) is 0 Å². The number of aromatic nitrogens is 4. The van der Waals surface area contributed by atoms with Crippen LogP contribution in [-0.4, -0.2) is 19.7 Å². The van der Waals surface area contributed by atoms with Gasteiger partial charge in [-0.3, -0.25) is 4.79 Å². The van der Waals surface area contributed by atoms with Gasteiger partial charge in [0.1, 0.15) is 11.0 Å². The Morgan fingerprint density at radius 1 is 1.43 bits per heavy atom. The Balaban J connectivity index is 0.000000461. The van der Waals surface area contributed by atoms with Crippen molar-refractivity contribution in [3.63, 3.8) is 0 Å². The predicted octanol–water partition coefficient (Wildman–Crippen LogP) is 0.991. The number of fused-ring (bicyclic) bond motifs is 1. The molecule has 0 bridgehead atoms. The van der Waals surface area contributed by atoms with Gasteiger partial charge in [0.05, 0.1) is 12.0 Å². The Bertz CT molecular complexity index is 483. The Morgan fingerprint density at radius 2 is 2.07 bits per heavy atom. The first-order valence-corrected chi connectivity index (χ1v) is 4.57. The number of H-pyrrole nitrogens is 1. The number of rotatable bonds is 0. The fourth-order valence-corrected chi connectivity index (χ4v) is 1.21. The van der Waals surface area contributed by atoms with Crippen LogP contribution in [0, 0.1) is 6.92 Å². The lowest BCUT2D eigenvalue weighted by Gasteiger charge is -1.97. The lowest BCUT2D eigenvalue weighted by Crippen LogP contribution is -2.20. The first-order chi connectivity index (χ1) is 6.70. The van der Waals surface area contributed by atoms with Crippen molar-refractivity contribution in [3.05, 3.63) is 22.4 Å². The molecule has 0 amide bonds. The molecule has 5 nitrogen and oxygen atoms in total. The quantitative estimate of drug-likeness (QED) is 0.680. The Kier molecular flexibility index (Phi) is 3.01. The first-order valence-electron chi connectivity index (χ1n) is 4.57. The molecule has 0 saturated carbocycles. The molecular weight excluding hydrogens is 180 g/mol. The molecule has 0 atom stereocenters. The molecule has 0 saturated heterocycles. The molecule has 0 aliphatic rings. The van der Waals surface area contributed by atoms with Gasteiger partial charge in [-0.15, -0.1) is 0 Å². The number of hydrogen-bond acceptors (Lipinski definition) is 3. The molecule has 1 N–H and O–H groups in total. The van der Waals surface area contributed by atoms with Crippen LogP contribution in [-0.2, 0) is 7.05 Å². The van der Waals surface area contributed by atoms with Gasteiger partial charge in [-0.05, 0) is 6.92 Å². The molecule has 2 rings (SSSR count). The number of aryl methyl sites for hydroxylation is 2. The van der Waals surface area contributed by atoms with E-state index in [-0.39, 0.29) is 5.56 Å². The van der Waals surface area contributed by atoms with Crippen LogP contribution in [0.1, 0.15) is 19.5 Å². The Hall–Kier alpha value is -1.65. The van der Waals surface area contributed by atoms with E-state index in [9.17, 15) is 4.79 Å². The van der Waals surface area contributed by atoms with E-state index >= 15 is 0 Å². The third-order valence-corrected chi connectivity index (χ3v) is 1.79. The third kappa shape index (κ3) is 1.53. The summed E-state index contributed by atoms with van der Waals surface area (Å²) in [6.45, 7) is 5.82. The van der Waals surface area contributed by atoms with E-state index in [0.717, 1.165) is 5.69 Å². The molecule has 14 heavy (non-hydrogen) atoms. The maximum Gasteiger partial charge on any atom is 0.292 e. The van der Waals surface area contributed by atoms with Crippen LogP contribution in [0.3, 0.4) is 0 Å². The zero-order valence-corrected chi connectivity index (χ0v) is 8.83. The van der Waals surface area contributed by atoms with Crippen LogP contribution < -0.4 is 5.56 Å². The summed E-state index contributed by atoms with van der Waals surface area (Å²) >= 11 is 0. The van der Waals surface area contributed by atoms with Crippen LogP contribution in [0.4, 0.5) is 0 Å². The lowest BCUT2D eigenvalue weighted by molar-refractivity contribution is 0.703. The molecule has 0 aliphatic heterocycles. The smallest absolute Gasteiger partial charge is 0.292 e. The molecular formula is C9H14N4O. The highest BCUT2D eigenvalue weighted by atomic mass is 16.1. The summed E-state index contributed by atoms with van der Waals surface area (Å²) in [5.41, 5.74) is 1.78. The highest BCUT2D eigenvalue weighted by Gasteiger charge is 2.06. The number of aromatic amines is 1. The van der Waals surface area contributed by atoms with Crippen molar-refractivity contribution in [3.8, 4) is 0 Å². The topological polar surface area (TPSA) is 63.6 Å². The number of imidazole rings is 1. The summed E-state index contributed by atoms with van der Waals surface area (Å²) in [5.74, 6) is 0. The molecule has 2 heterocycles. The second-order valence-corrected chi connectivity index (χ2v) is 2.64. The van der Waals surface area contributed by atoms with E-state index < -0.39 is 0 Å². The van der Waals surface area contributed by atoms with Crippen molar-refractivity contribution < 1.29 is 0 Å². The zero-order chi connectivity index (χ0) is 10.7. The van der Waals surface area contributed by atoms with Gasteiger partial charge in [0.2, 0.25) is 0 Å². The minimum atomic E-state index is -0.145. The summed E-state index contributed by atoms with van der Waals surface area (Å²) in [6.07, 6.45) is 1.50. The van der Waals surface area contributed by atoms with E-state index in [1.807, 2.05) is 20.8 Å². The highest BCUT2D eigenvalue weighted by molar-refractivity contribution is 5.74. The molecule has 76 valence electrons. The molecule has 0 unspecified atom stereocenters. The van der Waals surface area contributed by atoms with Crippen LogP contribution in [0.15, 0.2) is 11.1 Å². The number of nitrogens with zero attached hydrogens (tertiary/aromatic N) is 3. The molecule has 5 heteroatoms. The first kappa shape index (κ1) is 10.4. The second kappa shape index (κ2) is 4.04. The largest absolute Gasteiger partial charge is 0.340 e. The van der Waals surface area contributed by atoms with E-state index in [1.165, 1.54) is 11.0 Å². The monoisotopic (exact) mass is 194 g/mol.